The van der Waals surface area contributed by atoms with Gasteiger partial charge >= 0.3 is 5.97 Å². The van der Waals surface area contributed by atoms with Gasteiger partial charge in [0.1, 0.15) is 29.3 Å². The van der Waals surface area contributed by atoms with Crippen LogP contribution in [0.1, 0.15) is 41.2 Å². The van der Waals surface area contributed by atoms with E-state index in [9.17, 15) is 24.0 Å². The smallest absolute Gasteiger partial charge is 0.315 e. The maximum Gasteiger partial charge on any atom is 0.315 e. The second-order valence-electron chi connectivity index (χ2n) is 9.71. The summed E-state index contributed by atoms with van der Waals surface area (Å²) in [5, 5.41) is 19.7. The van der Waals surface area contributed by atoms with Gasteiger partial charge in [0.05, 0.1) is 6.42 Å². The number of fused-ring (bicyclic) bond motifs is 1. The first kappa shape index (κ1) is 28.0. The molecule has 0 spiro atoms. The number of aromatic hydroxyl groups is 2. The number of rotatable bonds is 7. The van der Waals surface area contributed by atoms with Gasteiger partial charge in [-0.2, -0.15) is 0 Å². The molecule has 4 aromatic rings. The highest BCUT2D eigenvalue weighted by Crippen LogP contribution is 2.44. The Bertz CT molecular complexity index is 1700. The van der Waals surface area contributed by atoms with Crippen molar-refractivity contribution in [3.05, 3.63) is 124 Å². The summed E-state index contributed by atoms with van der Waals surface area (Å²) in [7, 11) is 0. The quantitative estimate of drug-likeness (QED) is 0.105. The Morgan fingerprint density at radius 3 is 2.24 bits per heavy atom. The van der Waals surface area contributed by atoms with Gasteiger partial charge in [-0.1, -0.05) is 30.4 Å². The van der Waals surface area contributed by atoms with Gasteiger partial charge in [-0.05, 0) is 129 Å². The molecule has 0 aliphatic heterocycles. The van der Waals surface area contributed by atoms with E-state index in [1.54, 1.807) is 60.9 Å². The van der Waals surface area contributed by atoms with Crippen LogP contribution in [0, 0.1) is 5.82 Å². The molecule has 1 aliphatic carbocycles. The van der Waals surface area contributed by atoms with Crippen molar-refractivity contribution in [1.82, 2.24) is 0 Å². The van der Waals surface area contributed by atoms with E-state index in [0.717, 1.165) is 32.7 Å². The monoisotopic (exact) mass is 566 g/mol. The minimum atomic E-state index is -1.08. The molecule has 1 unspecified atom stereocenters. The summed E-state index contributed by atoms with van der Waals surface area (Å²) in [6.07, 6.45) is 7.06. The molecule has 0 radical (unpaired) electrons. The van der Waals surface area contributed by atoms with Crippen LogP contribution in [0.5, 0.6) is 17.2 Å². The molecule has 0 fully saturated rings. The zero-order valence-electron chi connectivity index (χ0n) is 22.4. The fraction of sp³-hybridized carbons (Fsp3) is 0.0882. The number of phenols is 2. The van der Waals surface area contributed by atoms with Crippen molar-refractivity contribution < 1.29 is 28.7 Å². The molecule has 5 nitrogen and oxygen atoms in total. The van der Waals surface area contributed by atoms with Crippen molar-refractivity contribution in [2.45, 2.75) is 18.2 Å². The number of hydrogen-bond donors (Lipinski definition) is 2. The molecular weight excluding hydrogens is 539 g/mol. The molecule has 0 aromatic heterocycles. The van der Waals surface area contributed by atoms with Crippen LogP contribution in [0.15, 0.2) is 95.4 Å². The molecule has 2 N–H and O–H groups in total. The second kappa shape index (κ2) is 11.9. The number of carbonyl (C=O) groups excluding carboxylic acids is 1. The zero-order chi connectivity index (χ0) is 29.1. The highest BCUT2D eigenvalue weighted by Gasteiger charge is 2.26. The Morgan fingerprint density at radius 2 is 1.54 bits per heavy atom. The van der Waals surface area contributed by atoms with Crippen LogP contribution < -0.4 is 4.74 Å². The summed E-state index contributed by atoms with van der Waals surface area (Å²) in [5.74, 6) is -0.674. The van der Waals surface area contributed by atoms with E-state index < -0.39 is 23.0 Å². The van der Waals surface area contributed by atoms with Gasteiger partial charge in [-0.15, -0.1) is 0 Å². The number of halogens is 1. The number of carbonyl (C=O) groups is 1. The Kier molecular flexibility index (Phi) is 8.10. The van der Waals surface area contributed by atoms with Gasteiger partial charge in [-0.3, -0.25) is 4.79 Å². The Hall–Kier alpha value is -4.59. The van der Waals surface area contributed by atoms with E-state index in [2.05, 4.69) is 0 Å². The van der Waals surface area contributed by atoms with E-state index in [0.29, 0.717) is 16.7 Å². The third kappa shape index (κ3) is 6.60. The molecule has 7 heteroatoms. The molecule has 0 saturated heterocycles. The molecule has 1 aliphatic rings. The van der Waals surface area contributed by atoms with Crippen molar-refractivity contribution in [2.24, 2.45) is 0 Å². The van der Waals surface area contributed by atoms with Crippen LogP contribution >= 0.6 is 0 Å². The standard InChI is InChI=1S/C34H27FO5S/c1-21-31(17-23-7-12-29(13-8-23)41(2)39)30-14-9-25(35)18-33(30)32(21)20-34(38)40-28-16-24(15-27(37)19-28)4-3-22-5-10-26(36)11-6-22/h3-19,36-37H,20H2,1-2H3/b4-3+,31-17-. The number of phenolic OH excluding ortho intramolecular Hbond substituents is 2. The lowest BCUT2D eigenvalue weighted by Gasteiger charge is -2.09. The summed E-state index contributed by atoms with van der Waals surface area (Å²) >= 11 is -1.08. The maximum atomic E-state index is 14.3. The van der Waals surface area contributed by atoms with E-state index >= 15 is 0 Å². The molecule has 5 rings (SSSR count). The zero-order valence-corrected chi connectivity index (χ0v) is 23.2. The van der Waals surface area contributed by atoms with Gasteiger partial charge in [0.15, 0.2) is 4.90 Å². The fourth-order valence-corrected chi connectivity index (χ4v) is 5.27. The van der Waals surface area contributed by atoms with Crippen LogP contribution in [0.25, 0.3) is 29.4 Å². The third-order valence-electron chi connectivity index (χ3n) is 6.80. The van der Waals surface area contributed by atoms with Crippen LogP contribution in [0.3, 0.4) is 0 Å². The molecule has 41 heavy (non-hydrogen) atoms. The van der Waals surface area contributed by atoms with Crippen LogP contribution in [-0.2, 0) is 16.0 Å². The van der Waals surface area contributed by atoms with Crippen LogP contribution in [0.4, 0.5) is 4.39 Å². The minimum Gasteiger partial charge on any atom is -0.612 e. The molecule has 0 heterocycles. The average molecular weight is 567 g/mol. The molecular formula is C34H27FO5S. The van der Waals surface area contributed by atoms with E-state index in [4.69, 9.17) is 4.74 Å². The molecule has 206 valence electrons. The van der Waals surface area contributed by atoms with E-state index in [-0.39, 0.29) is 23.7 Å². The van der Waals surface area contributed by atoms with Gasteiger partial charge in [-0.25, -0.2) is 4.39 Å². The SMILES string of the molecule is CC1=C(CC(=O)Oc2cc(O)cc(/C=C/c3ccc(O)cc3)c2)c2cc(F)ccc2/C1=C\c1ccc([S+](C)[O-])cc1. The summed E-state index contributed by atoms with van der Waals surface area (Å²) in [5.41, 5.74) is 6.16. The summed E-state index contributed by atoms with van der Waals surface area (Å²) in [6, 6.07) is 23.1. The normalized spacial score (nSPS) is 14.5. The minimum absolute atomic E-state index is 0.0625. The number of ether oxygens (including phenoxy) is 1. The first-order chi connectivity index (χ1) is 19.7. The van der Waals surface area contributed by atoms with Crippen molar-refractivity contribution in [2.75, 3.05) is 6.26 Å². The van der Waals surface area contributed by atoms with E-state index in [1.807, 2.05) is 37.3 Å². The van der Waals surface area contributed by atoms with Crippen LogP contribution in [0.2, 0.25) is 0 Å². The van der Waals surface area contributed by atoms with Crippen LogP contribution in [-0.4, -0.2) is 27.0 Å². The highest BCUT2D eigenvalue weighted by molar-refractivity contribution is 7.90. The fourth-order valence-electron chi connectivity index (χ4n) is 4.75. The molecule has 0 saturated carbocycles. The lowest BCUT2D eigenvalue weighted by atomic mass is 10.0. The number of hydrogen-bond acceptors (Lipinski definition) is 5. The van der Waals surface area contributed by atoms with Crippen molar-refractivity contribution in [3.8, 4) is 17.2 Å². The average Bonchev–Trinajstić information content (AvgIpc) is 3.17. The third-order valence-corrected chi connectivity index (χ3v) is 7.74. The van der Waals surface area contributed by atoms with Crippen molar-refractivity contribution in [3.63, 3.8) is 0 Å². The van der Waals surface area contributed by atoms with Gasteiger partial charge in [0.25, 0.3) is 0 Å². The summed E-state index contributed by atoms with van der Waals surface area (Å²) < 4.78 is 31.6. The first-order valence-corrected chi connectivity index (χ1v) is 14.4. The maximum absolute atomic E-state index is 14.3. The van der Waals surface area contributed by atoms with Gasteiger partial charge < -0.3 is 19.5 Å². The Balaban J connectivity index is 1.38. The second-order valence-corrected chi connectivity index (χ2v) is 11.1. The summed E-state index contributed by atoms with van der Waals surface area (Å²) in [6.45, 7) is 1.89. The topological polar surface area (TPSA) is 89.8 Å². The lowest BCUT2D eigenvalue weighted by molar-refractivity contribution is -0.133. The van der Waals surface area contributed by atoms with Crippen molar-refractivity contribution in [1.29, 1.82) is 0 Å². The first-order valence-electron chi connectivity index (χ1n) is 12.8. The van der Waals surface area contributed by atoms with Gasteiger partial charge in [0.2, 0.25) is 0 Å². The number of benzene rings is 4. The Morgan fingerprint density at radius 1 is 0.854 bits per heavy atom. The number of esters is 1. The lowest BCUT2D eigenvalue weighted by Crippen LogP contribution is -2.09. The predicted molar refractivity (Wildman–Crippen MR) is 161 cm³/mol. The molecule has 0 amide bonds. The summed E-state index contributed by atoms with van der Waals surface area (Å²) in [4.78, 5) is 13.8. The van der Waals surface area contributed by atoms with E-state index in [1.165, 1.54) is 18.2 Å². The Labute approximate surface area is 240 Å². The molecule has 1 atom stereocenters. The van der Waals surface area contributed by atoms with Gasteiger partial charge in [0, 0.05) is 6.07 Å². The highest BCUT2D eigenvalue weighted by atomic mass is 32.2. The largest absolute Gasteiger partial charge is 0.612 e. The van der Waals surface area contributed by atoms with Crippen molar-refractivity contribution >= 4 is 46.5 Å². The molecule has 0 bridgehead atoms. The molecule has 4 aromatic carbocycles. The number of allylic oxidation sites excluding steroid dienone is 2. The predicted octanol–water partition coefficient (Wildman–Crippen LogP) is 7.47.